The Morgan fingerprint density at radius 2 is 2.04 bits per heavy atom. The molecular formula is C16H15BrF3N5. The fraction of sp³-hybridized carbons (Fsp3) is 0.312. The van der Waals surface area contributed by atoms with Gasteiger partial charge in [-0.3, -0.25) is 0 Å². The number of nitrogens with one attached hydrogen (secondary N) is 1. The first kappa shape index (κ1) is 17.7. The third kappa shape index (κ3) is 4.09. The van der Waals surface area contributed by atoms with Crippen molar-refractivity contribution in [3.05, 3.63) is 46.7 Å². The van der Waals surface area contributed by atoms with Gasteiger partial charge >= 0.3 is 6.18 Å². The SMILES string of the molecule is Cc1nccn1CCCNc1nc(C(F)(F)F)nc2ccc(Br)cc12. The van der Waals surface area contributed by atoms with Crippen LogP contribution in [-0.4, -0.2) is 26.1 Å². The average molecular weight is 414 g/mol. The van der Waals surface area contributed by atoms with Crippen LogP contribution in [0, 0.1) is 6.92 Å². The molecular weight excluding hydrogens is 399 g/mol. The molecule has 0 aliphatic heterocycles. The quantitative estimate of drug-likeness (QED) is 0.629. The van der Waals surface area contributed by atoms with Gasteiger partial charge in [0, 0.05) is 35.3 Å². The van der Waals surface area contributed by atoms with Crippen molar-refractivity contribution in [2.24, 2.45) is 0 Å². The first-order valence-corrected chi connectivity index (χ1v) is 8.40. The Kier molecular flexibility index (Phi) is 4.94. The normalized spacial score (nSPS) is 11.9. The molecule has 0 bridgehead atoms. The molecule has 3 aromatic rings. The van der Waals surface area contributed by atoms with Crippen LogP contribution in [0.4, 0.5) is 19.0 Å². The number of halogens is 4. The molecule has 25 heavy (non-hydrogen) atoms. The van der Waals surface area contributed by atoms with Crippen molar-refractivity contribution in [3.63, 3.8) is 0 Å². The number of alkyl halides is 3. The van der Waals surface area contributed by atoms with Gasteiger partial charge in [-0.05, 0) is 31.5 Å². The van der Waals surface area contributed by atoms with E-state index in [0.717, 1.165) is 23.3 Å². The summed E-state index contributed by atoms with van der Waals surface area (Å²) in [5.41, 5.74) is 0.249. The maximum absolute atomic E-state index is 13.0. The largest absolute Gasteiger partial charge is 0.451 e. The number of aryl methyl sites for hydroxylation is 2. The van der Waals surface area contributed by atoms with Gasteiger partial charge in [0.2, 0.25) is 5.82 Å². The van der Waals surface area contributed by atoms with Crippen LogP contribution in [0.15, 0.2) is 35.1 Å². The molecule has 0 radical (unpaired) electrons. The summed E-state index contributed by atoms with van der Waals surface area (Å²) in [4.78, 5) is 11.4. The summed E-state index contributed by atoms with van der Waals surface area (Å²) < 4.78 is 41.8. The van der Waals surface area contributed by atoms with Crippen LogP contribution in [0.2, 0.25) is 0 Å². The maximum atomic E-state index is 13.0. The van der Waals surface area contributed by atoms with Crippen LogP contribution in [0.5, 0.6) is 0 Å². The molecule has 1 N–H and O–H groups in total. The third-order valence-electron chi connectivity index (χ3n) is 3.70. The van der Waals surface area contributed by atoms with Crippen molar-refractivity contribution in [2.45, 2.75) is 26.1 Å². The second-order valence-electron chi connectivity index (χ2n) is 5.50. The zero-order valence-electron chi connectivity index (χ0n) is 13.3. The molecule has 0 aliphatic rings. The van der Waals surface area contributed by atoms with E-state index in [4.69, 9.17) is 0 Å². The minimum absolute atomic E-state index is 0.181. The number of anilines is 1. The highest BCUT2D eigenvalue weighted by Gasteiger charge is 2.35. The van der Waals surface area contributed by atoms with Gasteiger partial charge < -0.3 is 9.88 Å². The summed E-state index contributed by atoms with van der Waals surface area (Å²) in [6.07, 6.45) is -0.286. The molecule has 3 rings (SSSR count). The van der Waals surface area contributed by atoms with E-state index < -0.39 is 12.0 Å². The van der Waals surface area contributed by atoms with Crippen molar-refractivity contribution >= 4 is 32.7 Å². The standard InChI is InChI=1S/C16H15BrF3N5/c1-10-21-6-8-25(10)7-2-5-22-14-12-9-11(17)3-4-13(12)23-15(24-14)16(18,19)20/h3-4,6,8-9H,2,5,7H2,1H3,(H,22,23,24). The van der Waals surface area contributed by atoms with Gasteiger partial charge in [-0.1, -0.05) is 15.9 Å². The van der Waals surface area contributed by atoms with E-state index in [1.165, 1.54) is 6.07 Å². The van der Waals surface area contributed by atoms with E-state index in [1.807, 2.05) is 17.7 Å². The van der Waals surface area contributed by atoms with Crippen molar-refractivity contribution in [3.8, 4) is 0 Å². The highest BCUT2D eigenvalue weighted by Crippen LogP contribution is 2.31. The van der Waals surface area contributed by atoms with Gasteiger partial charge in [0.25, 0.3) is 0 Å². The van der Waals surface area contributed by atoms with Gasteiger partial charge in [-0.25, -0.2) is 15.0 Å². The molecule has 0 amide bonds. The molecule has 0 aliphatic carbocycles. The molecule has 5 nitrogen and oxygen atoms in total. The first-order chi connectivity index (χ1) is 11.8. The van der Waals surface area contributed by atoms with Crippen LogP contribution in [0.1, 0.15) is 18.1 Å². The van der Waals surface area contributed by atoms with Crippen molar-refractivity contribution < 1.29 is 13.2 Å². The van der Waals surface area contributed by atoms with Gasteiger partial charge in [0.05, 0.1) is 5.52 Å². The van der Waals surface area contributed by atoms with Gasteiger partial charge in [0.1, 0.15) is 11.6 Å². The lowest BCUT2D eigenvalue weighted by Crippen LogP contribution is -2.15. The summed E-state index contributed by atoms with van der Waals surface area (Å²) >= 11 is 3.32. The maximum Gasteiger partial charge on any atom is 0.451 e. The Balaban J connectivity index is 1.81. The number of hydrogen-bond donors (Lipinski definition) is 1. The molecule has 9 heteroatoms. The third-order valence-corrected chi connectivity index (χ3v) is 4.20. The van der Waals surface area contributed by atoms with E-state index in [9.17, 15) is 13.2 Å². The lowest BCUT2D eigenvalue weighted by Gasteiger charge is -2.13. The lowest BCUT2D eigenvalue weighted by molar-refractivity contribution is -0.144. The van der Waals surface area contributed by atoms with Crippen LogP contribution in [0.25, 0.3) is 10.9 Å². The first-order valence-electron chi connectivity index (χ1n) is 7.61. The summed E-state index contributed by atoms with van der Waals surface area (Å²) in [6.45, 7) is 3.10. The molecule has 0 saturated heterocycles. The Morgan fingerprint density at radius 3 is 2.72 bits per heavy atom. The van der Waals surface area contributed by atoms with Crippen molar-refractivity contribution in [1.82, 2.24) is 19.5 Å². The Labute approximate surface area is 150 Å². The molecule has 132 valence electrons. The summed E-state index contributed by atoms with van der Waals surface area (Å²) in [5, 5.41) is 3.55. The molecule has 2 heterocycles. The molecule has 1 aromatic carbocycles. The highest BCUT2D eigenvalue weighted by atomic mass is 79.9. The number of nitrogens with zero attached hydrogens (tertiary/aromatic N) is 4. The van der Waals surface area contributed by atoms with E-state index in [-0.39, 0.29) is 11.3 Å². The van der Waals surface area contributed by atoms with Crippen LogP contribution in [0.3, 0.4) is 0 Å². The molecule has 0 unspecified atom stereocenters. The minimum Gasteiger partial charge on any atom is -0.369 e. The Hall–Kier alpha value is -2.16. The van der Waals surface area contributed by atoms with Crippen LogP contribution in [-0.2, 0) is 12.7 Å². The second-order valence-corrected chi connectivity index (χ2v) is 6.42. The fourth-order valence-corrected chi connectivity index (χ4v) is 2.82. The number of rotatable bonds is 5. The van der Waals surface area contributed by atoms with Crippen molar-refractivity contribution in [2.75, 3.05) is 11.9 Å². The molecule has 0 saturated carbocycles. The predicted octanol–water partition coefficient (Wildman–Crippen LogP) is 4.42. The number of fused-ring (bicyclic) bond motifs is 1. The highest BCUT2D eigenvalue weighted by molar-refractivity contribution is 9.10. The van der Waals surface area contributed by atoms with E-state index in [1.54, 1.807) is 18.3 Å². The summed E-state index contributed by atoms with van der Waals surface area (Å²) in [7, 11) is 0. The van der Waals surface area contributed by atoms with Crippen LogP contribution >= 0.6 is 15.9 Å². The smallest absolute Gasteiger partial charge is 0.369 e. The molecule has 2 aromatic heterocycles. The van der Waals surface area contributed by atoms with E-state index in [2.05, 4.69) is 36.2 Å². The zero-order valence-corrected chi connectivity index (χ0v) is 14.9. The second kappa shape index (κ2) is 6.99. The topological polar surface area (TPSA) is 55.6 Å². The lowest BCUT2D eigenvalue weighted by atomic mass is 10.2. The predicted molar refractivity (Wildman–Crippen MR) is 92.3 cm³/mol. The van der Waals surface area contributed by atoms with Gasteiger partial charge in [0.15, 0.2) is 0 Å². The van der Waals surface area contributed by atoms with Gasteiger partial charge in [-0.15, -0.1) is 0 Å². The summed E-state index contributed by atoms with van der Waals surface area (Å²) in [6, 6.07) is 4.90. The van der Waals surface area contributed by atoms with Gasteiger partial charge in [-0.2, -0.15) is 13.2 Å². The summed E-state index contributed by atoms with van der Waals surface area (Å²) in [5.74, 6) is -0.0629. The van der Waals surface area contributed by atoms with E-state index in [0.29, 0.717) is 11.9 Å². The monoisotopic (exact) mass is 413 g/mol. The Morgan fingerprint density at radius 1 is 1.24 bits per heavy atom. The number of hydrogen-bond acceptors (Lipinski definition) is 4. The zero-order chi connectivity index (χ0) is 18.0. The number of imidazole rings is 1. The van der Waals surface area contributed by atoms with Crippen LogP contribution < -0.4 is 5.32 Å². The van der Waals surface area contributed by atoms with E-state index >= 15 is 0 Å². The van der Waals surface area contributed by atoms with Crippen molar-refractivity contribution in [1.29, 1.82) is 0 Å². The molecule has 0 spiro atoms. The number of aromatic nitrogens is 4. The number of benzene rings is 1. The minimum atomic E-state index is -4.59. The average Bonchev–Trinajstić information content (AvgIpc) is 2.95. The fourth-order valence-electron chi connectivity index (χ4n) is 2.46. The molecule has 0 atom stereocenters. The molecule has 0 fully saturated rings. The Bertz CT molecular complexity index is 891.